The molecule has 25 heteroatoms. The molecule has 3 aromatic heterocycles. The second kappa shape index (κ2) is 28.4. The fourth-order valence-corrected chi connectivity index (χ4v) is 8.25. The van der Waals surface area contributed by atoms with Crippen molar-refractivity contribution in [2.45, 2.75) is 63.6 Å². The molecule has 0 bridgehead atoms. The summed E-state index contributed by atoms with van der Waals surface area (Å²) in [7, 11) is 0. The van der Waals surface area contributed by atoms with Crippen molar-refractivity contribution in [1.29, 1.82) is 0 Å². The standard InChI is InChI=1S/C20H24N6O3.C18H21N5O3.C16H16ClN5O2/c21-20-25-16(13-29-20)6-3-14-1-4-15(5-2-14)24-19(27)17-11-23-18(12-22-17)26-7-9-28-10-8-26;1-2-25-16-10-20-15(9-21-16)17(24)22-13-6-3-12(4-7-13)5-8-14-11-26-18(19)23-14;17-14-8-19-7-13(22-14)15(23)20-11-4-1-10(2-5-11)3-6-12-9-24-16(18)21-12/h1-2,4-5,11-12,16H,3,6-10,13H2,(H2,21,25)(H,24,27);3-4,6-7,9-10,14H,2,5,8,11H2,1H3,(H2,19,23)(H,22,24);1-2,4-5,7-8,12H,3,6,9H2,(H2,18,21)(H,20,23)/t16-;14-;12-/m000/s1. The number of anilines is 4. The van der Waals surface area contributed by atoms with Crippen LogP contribution < -0.4 is 42.8 Å². The van der Waals surface area contributed by atoms with Gasteiger partial charge in [0.25, 0.3) is 35.8 Å². The third-order valence-corrected chi connectivity index (χ3v) is 12.5. The Bertz CT molecular complexity index is 3060. The molecule has 0 spiro atoms. The maximum absolute atomic E-state index is 12.4. The summed E-state index contributed by atoms with van der Waals surface area (Å²) >= 11 is 5.73. The molecular weight excluding hydrogens is 1040 g/mol. The van der Waals surface area contributed by atoms with Crippen molar-refractivity contribution in [1.82, 2.24) is 29.9 Å². The van der Waals surface area contributed by atoms with E-state index >= 15 is 0 Å². The summed E-state index contributed by atoms with van der Waals surface area (Å²) in [6.07, 6.45) is 13.9. The van der Waals surface area contributed by atoms with Crippen LogP contribution in [0.3, 0.4) is 0 Å². The fraction of sp³-hybridized carbons (Fsp3) is 0.333. The van der Waals surface area contributed by atoms with Crippen LogP contribution in [0.4, 0.5) is 22.9 Å². The van der Waals surface area contributed by atoms with Crippen molar-refractivity contribution in [3.05, 3.63) is 149 Å². The second-order valence-corrected chi connectivity index (χ2v) is 18.5. The summed E-state index contributed by atoms with van der Waals surface area (Å²) in [6, 6.07) is 24.2. The third-order valence-electron chi connectivity index (χ3n) is 12.3. The maximum Gasteiger partial charge on any atom is 0.282 e. The lowest BCUT2D eigenvalue weighted by Gasteiger charge is -2.27. The Balaban J connectivity index is 0.000000157. The van der Waals surface area contributed by atoms with Crippen LogP contribution in [0, 0.1) is 0 Å². The highest BCUT2D eigenvalue weighted by molar-refractivity contribution is 6.29. The summed E-state index contributed by atoms with van der Waals surface area (Å²) in [4.78, 5) is 75.9. The molecular formula is C54H61ClN16O8. The molecule has 0 aliphatic carbocycles. The Kier molecular flexibility index (Phi) is 20.2. The number of aliphatic imine (C=N–C) groups is 3. The summed E-state index contributed by atoms with van der Waals surface area (Å²) in [5, 5.41) is 8.59. The fourth-order valence-electron chi connectivity index (χ4n) is 8.10. The number of aryl methyl sites for hydroxylation is 3. The zero-order valence-electron chi connectivity index (χ0n) is 43.4. The number of carbonyl (C=O) groups is 3. The van der Waals surface area contributed by atoms with E-state index in [4.69, 9.17) is 52.5 Å². The minimum absolute atomic E-state index is 0.116. The molecule has 9 N–H and O–H groups in total. The molecule has 3 aromatic carbocycles. The number of amides is 3. The van der Waals surface area contributed by atoms with Crippen LogP contribution in [0.5, 0.6) is 5.88 Å². The second-order valence-electron chi connectivity index (χ2n) is 18.1. The first-order valence-electron chi connectivity index (χ1n) is 25.6. The number of nitrogens with one attached hydrogen (secondary N) is 3. The van der Waals surface area contributed by atoms with Crippen LogP contribution in [0.15, 0.2) is 125 Å². The first-order chi connectivity index (χ1) is 38.4. The lowest BCUT2D eigenvalue weighted by atomic mass is 10.1. The van der Waals surface area contributed by atoms with Gasteiger partial charge in [-0.15, -0.1) is 0 Å². The highest BCUT2D eigenvalue weighted by Crippen LogP contribution is 2.20. The Morgan fingerprint density at radius 1 is 0.570 bits per heavy atom. The molecule has 7 heterocycles. The SMILES string of the molecule is CCOc1cnc(C(=O)Nc2ccc(CC[C@H]3COC(N)=N3)cc2)cn1.NC1=N[C@@H](CCc2ccc(NC(=O)c3cnc(N4CCOCC4)cn3)cc2)CO1.NC1=N[C@@H](CCc2ccc(NC(=O)c3cncc(Cl)n3)cc2)CO1. The Morgan fingerprint density at radius 2 is 1.00 bits per heavy atom. The van der Waals surface area contributed by atoms with E-state index in [1.807, 2.05) is 79.7 Å². The normalized spacial score (nSPS) is 17.1. The van der Waals surface area contributed by atoms with Crippen molar-refractivity contribution in [3.63, 3.8) is 0 Å². The number of rotatable bonds is 18. The van der Waals surface area contributed by atoms with Crippen LogP contribution in [0.1, 0.15) is 74.3 Å². The third kappa shape index (κ3) is 17.8. The van der Waals surface area contributed by atoms with Crippen molar-refractivity contribution in [2.24, 2.45) is 32.2 Å². The minimum atomic E-state index is -0.356. The van der Waals surface area contributed by atoms with Crippen molar-refractivity contribution in [2.75, 3.05) is 73.6 Å². The highest BCUT2D eigenvalue weighted by atomic mass is 35.5. The quantitative estimate of drug-likeness (QED) is 0.0658. The summed E-state index contributed by atoms with van der Waals surface area (Å²) in [5.41, 5.74) is 22.8. The van der Waals surface area contributed by atoms with Gasteiger partial charge in [-0.2, -0.15) is 0 Å². The number of carbonyl (C=O) groups excluding carboxylic acids is 3. The molecule has 24 nitrogen and oxygen atoms in total. The van der Waals surface area contributed by atoms with Gasteiger partial charge in [0, 0.05) is 30.2 Å². The number of benzene rings is 3. The van der Waals surface area contributed by atoms with Crippen LogP contribution in [0.25, 0.3) is 0 Å². The van der Waals surface area contributed by atoms with Gasteiger partial charge in [-0.05, 0) is 98.5 Å². The van der Waals surface area contributed by atoms with E-state index in [1.54, 1.807) is 6.20 Å². The zero-order chi connectivity index (χ0) is 55.3. The Labute approximate surface area is 460 Å². The lowest BCUT2D eigenvalue weighted by Crippen LogP contribution is -2.36. The number of nitrogens with two attached hydrogens (primary N) is 3. The van der Waals surface area contributed by atoms with Crippen molar-refractivity contribution < 1.29 is 38.1 Å². The number of aromatic nitrogens is 6. The first kappa shape index (κ1) is 56.2. The van der Waals surface area contributed by atoms with E-state index in [2.05, 4.69) is 65.7 Å². The predicted octanol–water partition coefficient (Wildman–Crippen LogP) is 5.01. The predicted molar refractivity (Wildman–Crippen MR) is 298 cm³/mol. The van der Waals surface area contributed by atoms with Gasteiger partial charge in [0.2, 0.25) is 5.88 Å². The molecule has 4 aliphatic heterocycles. The molecule has 0 radical (unpaired) electrons. The van der Waals surface area contributed by atoms with Gasteiger partial charge in [-0.1, -0.05) is 48.0 Å². The van der Waals surface area contributed by atoms with E-state index < -0.39 is 0 Å². The molecule has 10 rings (SSSR count). The molecule has 412 valence electrons. The zero-order valence-corrected chi connectivity index (χ0v) is 44.1. The van der Waals surface area contributed by atoms with Gasteiger partial charge in [-0.3, -0.25) is 19.4 Å². The molecule has 4 aliphatic rings. The Hall–Kier alpha value is -9.03. The van der Waals surface area contributed by atoms with E-state index in [0.29, 0.717) is 62.6 Å². The average Bonchev–Trinajstić information content (AvgIpc) is 4.23. The molecule has 1 saturated heterocycles. The van der Waals surface area contributed by atoms with E-state index in [0.717, 1.165) is 68.6 Å². The van der Waals surface area contributed by atoms with E-state index in [1.165, 1.54) is 36.5 Å². The number of morpholine rings is 1. The smallest absolute Gasteiger partial charge is 0.282 e. The topological polar surface area (TPSA) is 329 Å². The number of halogens is 1. The van der Waals surface area contributed by atoms with E-state index in [9.17, 15) is 14.4 Å². The van der Waals surface area contributed by atoms with Crippen LogP contribution in [0.2, 0.25) is 5.15 Å². The summed E-state index contributed by atoms with van der Waals surface area (Å²) in [6.45, 7) is 6.90. The molecule has 79 heavy (non-hydrogen) atoms. The van der Waals surface area contributed by atoms with Gasteiger partial charge < -0.3 is 61.7 Å². The van der Waals surface area contributed by atoms with Crippen molar-refractivity contribution in [3.8, 4) is 5.88 Å². The lowest BCUT2D eigenvalue weighted by molar-refractivity contribution is 0.101. The van der Waals surface area contributed by atoms with E-state index in [-0.39, 0.29) is 76.1 Å². The van der Waals surface area contributed by atoms with Gasteiger partial charge in [0.1, 0.15) is 47.9 Å². The number of hydrogen-bond acceptors (Lipinski definition) is 21. The van der Waals surface area contributed by atoms with Gasteiger partial charge in [0.15, 0.2) is 0 Å². The molecule has 0 unspecified atom stereocenters. The average molecular weight is 1100 g/mol. The van der Waals surface area contributed by atoms with Gasteiger partial charge in [0.05, 0.1) is 75.1 Å². The molecule has 3 amide bonds. The number of nitrogens with zero attached hydrogens (tertiary/aromatic N) is 10. The number of ether oxygens (including phenoxy) is 5. The number of hydrogen-bond donors (Lipinski definition) is 6. The molecule has 1 fully saturated rings. The molecule has 0 saturated carbocycles. The van der Waals surface area contributed by atoms with Crippen LogP contribution in [-0.2, 0) is 38.2 Å². The van der Waals surface area contributed by atoms with Crippen LogP contribution >= 0.6 is 11.6 Å². The minimum Gasteiger partial charge on any atom is -0.477 e. The molecule has 3 atom stereocenters. The van der Waals surface area contributed by atoms with Crippen LogP contribution in [-0.4, -0.2) is 137 Å². The highest BCUT2D eigenvalue weighted by Gasteiger charge is 2.20. The summed E-state index contributed by atoms with van der Waals surface area (Å²) in [5.74, 6) is 0.193. The summed E-state index contributed by atoms with van der Waals surface area (Å²) < 4.78 is 26.0. The monoisotopic (exact) mass is 1100 g/mol. The first-order valence-corrected chi connectivity index (χ1v) is 25.9. The Morgan fingerprint density at radius 3 is 1.37 bits per heavy atom. The van der Waals surface area contributed by atoms with Gasteiger partial charge >= 0.3 is 0 Å². The van der Waals surface area contributed by atoms with Crippen molar-refractivity contribution >= 4 is 70.3 Å². The van der Waals surface area contributed by atoms with Gasteiger partial charge in [-0.25, -0.2) is 39.9 Å². The number of amidine groups is 3. The largest absolute Gasteiger partial charge is 0.477 e. The molecule has 6 aromatic rings. The maximum atomic E-state index is 12.4.